The van der Waals surface area contributed by atoms with Gasteiger partial charge >= 0.3 is 5.97 Å². The predicted molar refractivity (Wildman–Crippen MR) is 65.7 cm³/mol. The number of hydrogen-bond donors (Lipinski definition) is 3. The molecular weight excluding hydrogens is 252 g/mol. The summed E-state index contributed by atoms with van der Waals surface area (Å²) in [5.41, 5.74) is 5.10. The van der Waals surface area contributed by atoms with Gasteiger partial charge in [0.1, 0.15) is 11.8 Å². The van der Waals surface area contributed by atoms with Gasteiger partial charge in [-0.15, -0.1) is 0 Å². The third kappa shape index (κ3) is 3.98. The monoisotopic (exact) mass is 266 g/mol. The normalized spacial score (nSPS) is 11.4. The minimum absolute atomic E-state index is 0.181. The second-order valence-corrected chi connectivity index (χ2v) is 3.74. The number of benzene rings is 1. The SMILES string of the molecule is COc1ccccc1C(=O)N[C@H](CC(N)=O)C(=O)O. The van der Waals surface area contributed by atoms with Crippen molar-refractivity contribution in [2.45, 2.75) is 12.5 Å². The molecule has 0 saturated carbocycles. The number of primary amides is 1. The number of rotatable bonds is 6. The number of methoxy groups -OCH3 is 1. The molecule has 0 radical (unpaired) electrons. The van der Waals surface area contributed by atoms with Gasteiger partial charge in [-0.1, -0.05) is 12.1 Å². The highest BCUT2D eigenvalue weighted by Crippen LogP contribution is 2.17. The molecule has 0 aliphatic carbocycles. The number of ether oxygens (including phenoxy) is 1. The molecule has 102 valence electrons. The predicted octanol–water partition coefficient (Wildman–Crippen LogP) is -0.246. The van der Waals surface area contributed by atoms with Gasteiger partial charge in [-0.05, 0) is 12.1 Å². The standard InChI is InChI=1S/C12H14N2O5/c1-19-9-5-3-2-4-7(9)11(16)14-8(12(17)18)6-10(13)15/h2-5,8H,6H2,1H3,(H2,13,15)(H,14,16)(H,17,18)/t8-/m1/s1. The molecule has 0 bridgehead atoms. The maximum atomic E-state index is 11.9. The first-order valence-corrected chi connectivity index (χ1v) is 5.40. The number of nitrogens with one attached hydrogen (secondary N) is 1. The molecule has 2 amide bonds. The van der Waals surface area contributed by atoms with Crippen LogP contribution in [0.2, 0.25) is 0 Å². The van der Waals surface area contributed by atoms with Crippen molar-refractivity contribution >= 4 is 17.8 Å². The summed E-state index contributed by atoms with van der Waals surface area (Å²) < 4.78 is 4.99. The Balaban J connectivity index is 2.87. The topological polar surface area (TPSA) is 119 Å². The lowest BCUT2D eigenvalue weighted by Gasteiger charge is -2.14. The molecule has 0 saturated heterocycles. The van der Waals surface area contributed by atoms with Crippen molar-refractivity contribution in [3.05, 3.63) is 29.8 Å². The van der Waals surface area contributed by atoms with Crippen LogP contribution in [0.4, 0.5) is 0 Å². The van der Waals surface area contributed by atoms with Crippen LogP contribution in [0.15, 0.2) is 24.3 Å². The van der Waals surface area contributed by atoms with Crippen molar-refractivity contribution in [3.8, 4) is 5.75 Å². The quantitative estimate of drug-likeness (QED) is 0.656. The Labute approximate surface area is 109 Å². The summed E-state index contributed by atoms with van der Waals surface area (Å²) in [7, 11) is 1.39. The van der Waals surface area contributed by atoms with Gasteiger partial charge in [0.15, 0.2) is 0 Å². The highest BCUT2D eigenvalue weighted by molar-refractivity contribution is 5.99. The zero-order valence-corrected chi connectivity index (χ0v) is 10.3. The largest absolute Gasteiger partial charge is 0.496 e. The second kappa shape index (κ2) is 6.39. The molecule has 0 fully saturated rings. The zero-order chi connectivity index (χ0) is 14.4. The van der Waals surface area contributed by atoms with Gasteiger partial charge in [-0.25, -0.2) is 4.79 Å². The summed E-state index contributed by atoms with van der Waals surface area (Å²) >= 11 is 0. The van der Waals surface area contributed by atoms with Crippen LogP contribution in [0.1, 0.15) is 16.8 Å². The van der Waals surface area contributed by atoms with E-state index < -0.39 is 30.2 Å². The second-order valence-electron chi connectivity index (χ2n) is 3.74. The van der Waals surface area contributed by atoms with Crippen LogP contribution < -0.4 is 15.8 Å². The third-order valence-corrected chi connectivity index (χ3v) is 2.36. The first-order chi connectivity index (χ1) is 8.95. The molecule has 4 N–H and O–H groups in total. The van der Waals surface area contributed by atoms with E-state index in [9.17, 15) is 14.4 Å². The summed E-state index contributed by atoms with van der Waals surface area (Å²) in [5, 5.41) is 11.1. The Morgan fingerprint density at radius 2 is 2.00 bits per heavy atom. The number of carbonyl (C=O) groups excluding carboxylic acids is 2. The number of nitrogens with two attached hydrogens (primary N) is 1. The van der Waals surface area contributed by atoms with E-state index in [1.807, 2.05) is 0 Å². The highest BCUT2D eigenvalue weighted by Gasteiger charge is 2.23. The Morgan fingerprint density at radius 1 is 1.37 bits per heavy atom. The number of carbonyl (C=O) groups is 3. The lowest BCUT2D eigenvalue weighted by molar-refractivity contribution is -0.140. The van der Waals surface area contributed by atoms with E-state index in [1.165, 1.54) is 13.2 Å². The molecule has 7 nitrogen and oxygen atoms in total. The summed E-state index contributed by atoms with van der Waals surface area (Å²) in [6, 6.07) is 4.97. The van der Waals surface area contributed by atoms with Crippen LogP contribution in [0.3, 0.4) is 0 Å². The summed E-state index contributed by atoms with van der Waals surface area (Å²) in [4.78, 5) is 33.6. The third-order valence-electron chi connectivity index (χ3n) is 2.36. The Kier molecular flexibility index (Phi) is 4.87. The molecule has 0 heterocycles. The fourth-order valence-corrected chi connectivity index (χ4v) is 1.47. The van der Waals surface area contributed by atoms with Crippen molar-refractivity contribution < 1.29 is 24.2 Å². The molecule has 0 aromatic heterocycles. The Morgan fingerprint density at radius 3 is 2.53 bits per heavy atom. The first-order valence-electron chi connectivity index (χ1n) is 5.40. The lowest BCUT2D eigenvalue weighted by atomic mass is 10.1. The van der Waals surface area contributed by atoms with Crippen LogP contribution in [-0.2, 0) is 9.59 Å². The van der Waals surface area contributed by atoms with E-state index >= 15 is 0 Å². The zero-order valence-electron chi connectivity index (χ0n) is 10.3. The molecule has 0 spiro atoms. The summed E-state index contributed by atoms with van der Waals surface area (Å²) in [6.07, 6.45) is -0.476. The molecule has 7 heteroatoms. The van der Waals surface area contributed by atoms with Crippen LogP contribution in [-0.4, -0.2) is 36.0 Å². The van der Waals surface area contributed by atoms with Gasteiger partial charge in [0, 0.05) is 0 Å². The number of carboxylic acids is 1. The van der Waals surface area contributed by atoms with Gasteiger partial charge in [-0.2, -0.15) is 0 Å². The van der Waals surface area contributed by atoms with E-state index in [1.54, 1.807) is 18.2 Å². The van der Waals surface area contributed by atoms with Gasteiger partial charge in [0.05, 0.1) is 19.1 Å². The van der Waals surface area contributed by atoms with E-state index in [4.69, 9.17) is 15.6 Å². The van der Waals surface area contributed by atoms with Gasteiger partial charge in [0.2, 0.25) is 5.91 Å². The van der Waals surface area contributed by atoms with E-state index in [0.717, 1.165) is 0 Å². The van der Waals surface area contributed by atoms with Crippen molar-refractivity contribution in [2.24, 2.45) is 5.73 Å². The number of carboxylic acid groups (broad SMARTS) is 1. The van der Waals surface area contributed by atoms with Gasteiger partial charge < -0.3 is 20.9 Å². The molecule has 1 aromatic carbocycles. The average molecular weight is 266 g/mol. The van der Waals surface area contributed by atoms with Crippen LogP contribution in [0.5, 0.6) is 5.75 Å². The average Bonchev–Trinajstić information content (AvgIpc) is 2.37. The maximum Gasteiger partial charge on any atom is 0.326 e. The van der Waals surface area contributed by atoms with Crippen molar-refractivity contribution in [3.63, 3.8) is 0 Å². The summed E-state index contributed by atoms with van der Waals surface area (Å²) in [6.45, 7) is 0. The Hall–Kier alpha value is -2.57. The van der Waals surface area contributed by atoms with Crippen molar-refractivity contribution in [1.29, 1.82) is 0 Å². The highest BCUT2D eigenvalue weighted by atomic mass is 16.5. The van der Waals surface area contributed by atoms with Crippen molar-refractivity contribution in [1.82, 2.24) is 5.32 Å². The molecule has 1 rings (SSSR count). The smallest absolute Gasteiger partial charge is 0.326 e. The van der Waals surface area contributed by atoms with E-state index in [0.29, 0.717) is 5.75 Å². The van der Waals surface area contributed by atoms with E-state index in [2.05, 4.69) is 5.32 Å². The molecule has 0 aliphatic heterocycles. The molecular formula is C12H14N2O5. The first kappa shape index (κ1) is 14.5. The Bertz CT molecular complexity index is 501. The minimum Gasteiger partial charge on any atom is -0.496 e. The molecule has 0 aliphatic rings. The fourth-order valence-electron chi connectivity index (χ4n) is 1.47. The van der Waals surface area contributed by atoms with Crippen LogP contribution in [0, 0.1) is 0 Å². The molecule has 1 atom stereocenters. The summed E-state index contributed by atoms with van der Waals surface area (Å²) in [5.74, 6) is -2.48. The molecule has 19 heavy (non-hydrogen) atoms. The van der Waals surface area contributed by atoms with Crippen LogP contribution >= 0.6 is 0 Å². The minimum atomic E-state index is -1.37. The number of para-hydroxylation sites is 1. The van der Waals surface area contributed by atoms with Crippen LogP contribution in [0.25, 0.3) is 0 Å². The maximum absolute atomic E-state index is 11.9. The number of hydrogen-bond acceptors (Lipinski definition) is 4. The molecule has 1 aromatic rings. The number of aliphatic carboxylic acids is 1. The van der Waals surface area contributed by atoms with Crippen molar-refractivity contribution in [2.75, 3.05) is 7.11 Å². The lowest BCUT2D eigenvalue weighted by Crippen LogP contribution is -2.43. The van der Waals surface area contributed by atoms with Gasteiger partial charge in [-0.3, -0.25) is 9.59 Å². The van der Waals surface area contributed by atoms with Gasteiger partial charge in [0.25, 0.3) is 5.91 Å². The van der Waals surface area contributed by atoms with E-state index in [-0.39, 0.29) is 5.56 Å². The molecule has 0 unspecified atom stereocenters. The fraction of sp³-hybridized carbons (Fsp3) is 0.250. The number of amides is 2.